The molecule has 1 fully saturated rings. The van der Waals surface area contributed by atoms with Crippen molar-refractivity contribution in [2.45, 2.75) is 39.3 Å². The molecule has 1 aromatic carbocycles. The van der Waals surface area contributed by atoms with Gasteiger partial charge in [0.25, 0.3) is 5.91 Å². The number of imidazole rings is 1. The van der Waals surface area contributed by atoms with Gasteiger partial charge in [0.2, 0.25) is 0 Å². The van der Waals surface area contributed by atoms with E-state index < -0.39 is 0 Å². The van der Waals surface area contributed by atoms with Crippen molar-refractivity contribution in [3.8, 4) is 22.9 Å². The smallest absolute Gasteiger partial charge is 0.253 e. The number of piperidine rings is 1. The highest BCUT2D eigenvalue weighted by molar-refractivity contribution is 5.94. The van der Waals surface area contributed by atoms with Crippen molar-refractivity contribution in [1.29, 1.82) is 0 Å². The molecule has 1 aliphatic heterocycles. The normalized spacial score (nSPS) is 14.5. The van der Waals surface area contributed by atoms with Crippen molar-refractivity contribution < 1.29 is 14.3 Å². The number of pyridine rings is 1. The Balaban J connectivity index is 1.39. The van der Waals surface area contributed by atoms with Crippen molar-refractivity contribution in [3.63, 3.8) is 0 Å². The van der Waals surface area contributed by atoms with Crippen LogP contribution in [-0.2, 0) is 6.54 Å². The Bertz CT molecular complexity index is 1070. The molecule has 4 rings (SSSR count). The maximum absolute atomic E-state index is 12.6. The molecular weight excluding hydrogens is 444 g/mol. The lowest BCUT2D eigenvalue weighted by molar-refractivity contribution is 0.0908. The number of hydrogen-bond acceptors (Lipinski definition) is 7. The van der Waals surface area contributed by atoms with E-state index in [-0.39, 0.29) is 11.9 Å². The third-order valence-corrected chi connectivity index (χ3v) is 6.07. The summed E-state index contributed by atoms with van der Waals surface area (Å²) in [5.74, 6) is 2.93. The van der Waals surface area contributed by atoms with Gasteiger partial charge < -0.3 is 25.1 Å². The topological polar surface area (TPSA) is 104 Å². The lowest BCUT2D eigenvalue weighted by atomic mass is 10.0. The third-order valence-electron chi connectivity index (χ3n) is 6.07. The van der Waals surface area contributed by atoms with Crippen LogP contribution in [0.1, 0.15) is 42.6 Å². The molecule has 3 N–H and O–H groups in total. The van der Waals surface area contributed by atoms with Crippen molar-refractivity contribution in [2.24, 2.45) is 0 Å². The first-order valence-corrected chi connectivity index (χ1v) is 12.2. The minimum Gasteiger partial charge on any atom is -0.493 e. The number of anilines is 1. The number of likely N-dealkylation sites (tertiary alicyclic amines) is 1. The Labute approximate surface area is 206 Å². The molecule has 35 heavy (non-hydrogen) atoms. The highest BCUT2D eigenvalue weighted by Gasteiger charge is 2.23. The summed E-state index contributed by atoms with van der Waals surface area (Å²) >= 11 is 0. The average molecular weight is 479 g/mol. The number of amides is 1. The Kier molecular flexibility index (Phi) is 8.20. The van der Waals surface area contributed by atoms with E-state index >= 15 is 0 Å². The van der Waals surface area contributed by atoms with Crippen LogP contribution in [-0.4, -0.2) is 65.2 Å². The predicted molar refractivity (Wildman–Crippen MR) is 136 cm³/mol. The van der Waals surface area contributed by atoms with Gasteiger partial charge in [0.15, 0.2) is 0 Å². The highest BCUT2D eigenvalue weighted by atomic mass is 16.5. The summed E-state index contributed by atoms with van der Waals surface area (Å²) in [6.45, 7) is 7.65. The fraction of sp³-hybridized carbons (Fsp3) is 0.423. The summed E-state index contributed by atoms with van der Waals surface area (Å²) in [4.78, 5) is 26.8. The zero-order valence-electron chi connectivity index (χ0n) is 20.6. The number of aromatic nitrogens is 3. The lowest BCUT2D eigenvalue weighted by Crippen LogP contribution is -2.44. The zero-order valence-corrected chi connectivity index (χ0v) is 20.6. The molecular formula is C26H34N6O3. The summed E-state index contributed by atoms with van der Waals surface area (Å²) in [5, 5.41) is 6.12. The van der Waals surface area contributed by atoms with E-state index in [1.165, 1.54) is 0 Å². The SMILES string of the molecule is CCOc1cc(CN2CCC(NC(=O)c3ccc(NC)nc3)CC2)cc(OCC)c1-c1ncc[nH]1. The number of ether oxygens (including phenoxy) is 2. The van der Waals surface area contributed by atoms with Crippen LogP contribution in [0.2, 0.25) is 0 Å². The van der Waals surface area contributed by atoms with E-state index in [1.54, 1.807) is 31.7 Å². The predicted octanol–water partition coefficient (Wildman–Crippen LogP) is 3.71. The molecule has 0 atom stereocenters. The number of carbonyl (C=O) groups excluding carboxylic acids is 1. The van der Waals surface area contributed by atoms with Crippen LogP contribution in [0, 0.1) is 0 Å². The van der Waals surface area contributed by atoms with Crippen molar-refractivity contribution in [3.05, 3.63) is 54.0 Å². The van der Waals surface area contributed by atoms with Gasteiger partial charge in [0.1, 0.15) is 28.7 Å². The molecule has 0 spiro atoms. The molecule has 0 saturated carbocycles. The van der Waals surface area contributed by atoms with Gasteiger partial charge >= 0.3 is 0 Å². The minimum atomic E-state index is -0.0742. The van der Waals surface area contributed by atoms with Crippen molar-refractivity contribution in [1.82, 2.24) is 25.2 Å². The van der Waals surface area contributed by atoms with Gasteiger partial charge in [0.05, 0.1) is 18.8 Å². The summed E-state index contributed by atoms with van der Waals surface area (Å²) in [7, 11) is 1.80. The second-order valence-corrected chi connectivity index (χ2v) is 8.48. The second-order valence-electron chi connectivity index (χ2n) is 8.48. The summed E-state index contributed by atoms with van der Waals surface area (Å²) < 4.78 is 12.0. The second kappa shape index (κ2) is 11.7. The molecule has 9 nitrogen and oxygen atoms in total. The molecule has 3 heterocycles. The standard InChI is InChI=1S/C26H34N6O3/c1-4-34-21-14-18(15-22(35-5-2)24(21)25-28-10-11-29-25)17-32-12-8-20(9-13-32)31-26(33)19-6-7-23(27-3)30-16-19/h6-7,10-11,14-16,20H,4-5,8-9,12-13,17H2,1-3H3,(H,27,30)(H,28,29)(H,31,33). The van der Waals surface area contributed by atoms with Crippen LogP contribution in [0.4, 0.5) is 5.82 Å². The van der Waals surface area contributed by atoms with Gasteiger partial charge in [-0.1, -0.05) is 0 Å². The van der Waals surface area contributed by atoms with Gasteiger partial charge in [-0.2, -0.15) is 0 Å². The molecule has 0 aliphatic carbocycles. The highest BCUT2D eigenvalue weighted by Crippen LogP contribution is 2.38. The Morgan fingerprint density at radius 3 is 2.37 bits per heavy atom. The van der Waals surface area contributed by atoms with Gasteiger partial charge in [-0.05, 0) is 56.5 Å². The van der Waals surface area contributed by atoms with Gasteiger partial charge in [-0.25, -0.2) is 9.97 Å². The van der Waals surface area contributed by atoms with Crippen LogP contribution in [0.25, 0.3) is 11.4 Å². The van der Waals surface area contributed by atoms with E-state index in [2.05, 4.69) is 42.6 Å². The maximum Gasteiger partial charge on any atom is 0.253 e. The van der Waals surface area contributed by atoms with Crippen LogP contribution in [0.3, 0.4) is 0 Å². The number of hydrogen-bond donors (Lipinski definition) is 3. The number of carbonyl (C=O) groups is 1. The first-order chi connectivity index (χ1) is 17.1. The van der Waals surface area contributed by atoms with E-state index in [4.69, 9.17) is 9.47 Å². The van der Waals surface area contributed by atoms with Crippen LogP contribution < -0.4 is 20.1 Å². The molecule has 1 saturated heterocycles. The van der Waals surface area contributed by atoms with Gasteiger partial charge in [-0.15, -0.1) is 0 Å². The number of benzene rings is 1. The van der Waals surface area contributed by atoms with E-state index in [0.29, 0.717) is 18.8 Å². The van der Waals surface area contributed by atoms with Crippen LogP contribution >= 0.6 is 0 Å². The molecule has 0 radical (unpaired) electrons. The minimum absolute atomic E-state index is 0.0742. The number of nitrogens with zero attached hydrogens (tertiary/aromatic N) is 3. The van der Waals surface area contributed by atoms with E-state index in [1.807, 2.05) is 19.9 Å². The average Bonchev–Trinajstić information content (AvgIpc) is 3.40. The van der Waals surface area contributed by atoms with Crippen molar-refractivity contribution >= 4 is 11.7 Å². The van der Waals surface area contributed by atoms with E-state index in [9.17, 15) is 4.79 Å². The summed E-state index contributed by atoms with van der Waals surface area (Å²) in [5.41, 5.74) is 2.56. The Hall–Kier alpha value is -3.59. The number of H-pyrrole nitrogens is 1. The fourth-order valence-corrected chi connectivity index (χ4v) is 4.35. The molecule has 9 heteroatoms. The molecule has 2 aromatic heterocycles. The third kappa shape index (κ3) is 6.10. The fourth-order valence-electron chi connectivity index (χ4n) is 4.35. The quantitative estimate of drug-likeness (QED) is 0.408. The zero-order chi connectivity index (χ0) is 24.6. The number of aromatic amines is 1. The summed E-state index contributed by atoms with van der Waals surface area (Å²) in [6, 6.07) is 7.92. The van der Waals surface area contributed by atoms with Crippen LogP contribution in [0.5, 0.6) is 11.5 Å². The molecule has 0 unspecified atom stereocenters. The molecule has 0 bridgehead atoms. The largest absolute Gasteiger partial charge is 0.493 e. The van der Waals surface area contributed by atoms with E-state index in [0.717, 1.165) is 66.7 Å². The lowest BCUT2D eigenvalue weighted by Gasteiger charge is -2.32. The van der Waals surface area contributed by atoms with Crippen LogP contribution in [0.15, 0.2) is 42.9 Å². The molecule has 3 aromatic rings. The van der Waals surface area contributed by atoms with Crippen molar-refractivity contribution in [2.75, 3.05) is 38.7 Å². The maximum atomic E-state index is 12.6. The molecule has 1 amide bonds. The van der Waals surface area contributed by atoms with Gasteiger partial charge in [-0.3, -0.25) is 9.69 Å². The molecule has 186 valence electrons. The number of rotatable bonds is 10. The first-order valence-electron chi connectivity index (χ1n) is 12.2. The monoisotopic (exact) mass is 478 g/mol. The summed E-state index contributed by atoms with van der Waals surface area (Å²) in [6.07, 6.45) is 6.93. The first kappa shape index (κ1) is 24.5. The molecule has 1 aliphatic rings. The Morgan fingerprint density at radius 1 is 1.11 bits per heavy atom. The number of nitrogens with one attached hydrogen (secondary N) is 3. The van der Waals surface area contributed by atoms with Gasteiger partial charge in [0, 0.05) is 51.3 Å². The Morgan fingerprint density at radius 2 is 1.83 bits per heavy atom.